The van der Waals surface area contributed by atoms with E-state index in [2.05, 4.69) is 10.2 Å². The molecule has 0 unspecified atom stereocenters. The fourth-order valence-corrected chi connectivity index (χ4v) is 2.11. The molecule has 110 valence electrons. The third-order valence-corrected chi connectivity index (χ3v) is 3.73. The lowest BCUT2D eigenvalue weighted by Gasteiger charge is -2.06. The first-order chi connectivity index (χ1) is 9.79. The zero-order valence-corrected chi connectivity index (χ0v) is 12.0. The first kappa shape index (κ1) is 14.9. The molecule has 0 heterocycles. The summed E-state index contributed by atoms with van der Waals surface area (Å²) in [6.45, 7) is 1.83. The zero-order chi connectivity index (χ0) is 15.6. The van der Waals surface area contributed by atoms with Gasteiger partial charge in [0.2, 0.25) is 0 Å². The zero-order valence-electron chi connectivity index (χ0n) is 11.2. The molecule has 0 fully saturated rings. The predicted octanol–water partition coefficient (Wildman–Crippen LogP) is 2.82. The van der Waals surface area contributed by atoms with Crippen molar-refractivity contribution in [3.05, 3.63) is 42.0 Å². The van der Waals surface area contributed by atoms with Crippen LogP contribution in [0.1, 0.15) is 5.56 Å². The van der Waals surface area contributed by atoms with Crippen molar-refractivity contribution in [3.63, 3.8) is 0 Å². The van der Waals surface area contributed by atoms with Gasteiger partial charge in [-0.05, 0) is 42.8 Å². The average molecular weight is 306 g/mol. The Morgan fingerprint density at radius 2 is 1.62 bits per heavy atom. The van der Waals surface area contributed by atoms with E-state index in [1.807, 2.05) is 6.92 Å². The van der Waals surface area contributed by atoms with Gasteiger partial charge in [-0.15, -0.1) is 5.11 Å². The van der Waals surface area contributed by atoms with Crippen molar-refractivity contribution in [2.45, 2.75) is 11.8 Å². The first-order valence-corrected chi connectivity index (χ1v) is 7.37. The topological polar surface area (TPSA) is 131 Å². The lowest BCUT2D eigenvalue weighted by molar-refractivity contribution is 0.483. The molecular formula is C13H14N4O3S. The van der Waals surface area contributed by atoms with Crippen LogP contribution in [0.25, 0.3) is 0 Å². The number of benzene rings is 2. The first-order valence-electron chi connectivity index (χ1n) is 5.93. The lowest BCUT2D eigenvalue weighted by Crippen LogP contribution is -1.96. The second-order valence-electron chi connectivity index (χ2n) is 4.40. The molecule has 0 amide bonds. The van der Waals surface area contributed by atoms with E-state index < -0.39 is 10.1 Å². The Bertz CT molecular complexity index is 799. The Hall–Kier alpha value is -2.45. The number of hydrogen-bond acceptors (Lipinski definition) is 6. The summed E-state index contributed by atoms with van der Waals surface area (Å²) in [6.07, 6.45) is 0. The van der Waals surface area contributed by atoms with E-state index in [0.29, 0.717) is 22.7 Å². The fourth-order valence-electron chi connectivity index (χ4n) is 1.63. The number of hydrogen-bond donors (Lipinski definition) is 3. The SMILES string of the molecule is Cc1ccc(N)c(N=Nc2ccc(S(=O)(=O)O)cc2)c1N. The second kappa shape index (κ2) is 5.51. The molecule has 0 aromatic heterocycles. The molecular weight excluding hydrogens is 292 g/mol. The van der Waals surface area contributed by atoms with Crippen molar-refractivity contribution >= 4 is 32.9 Å². The van der Waals surface area contributed by atoms with Crippen LogP contribution in [0.3, 0.4) is 0 Å². The highest BCUT2D eigenvalue weighted by Gasteiger charge is 2.09. The molecule has 0 saturated heterocycles. The Morgan fingerprint density at radius 3 is 2.19 bits per heavy atom. The van der Waals surface area contributed by atoms with Gasteiger partial charge in [-0.3, -0.25) is 4.55 Å². The minimum Gasteiger partial charge on any atom is -0.397 e. The summed E-state index contributed by atoms with van der Waals surface area (Å²) in [4.78, 5) is -0.212. The van der Waals surface area contributed by atoms with Gasteiger partial charge in [-0.1, -0.05) is 6.07 Å². The summed E-state index contributed by atoms with van der Waals surface area (Å²) >= 11 is 0. The Labute approximate surface area is 122 Å². The average Bonchev–Trinajstić information content (AvgIpc) is 2.43. The van der Waals surface area contributed by atoms with Crippen LogP contribution in [0.15, 0.2) is 51.5 Å². The molecule has 5 N–H and O–H groups in total. The van der Waals surface area contributed by atoms with E-state index >= 15 is 0 Å². The number of rotatable bonds is 3. The second-order valence-corrected chi connectivity index (χ2v) is 5.82. The molecule has 2 aromatic rings. The van der Waals surface area contributed by atoms with E-state index in [-0.39, 0.29) is 4.90 Å². The van der Waals surface area contributed by atoms with E-state index in [9.17, 15) is 8.42 Å². The van der Waals surface area contributed by atoms with Crippen LogP contribution in [-0.4, -0.2) is 13.0 Å². The molecule has 0 saturated carbocycles. The molecule has 2 rings (SSSR count). The molecule has 0 spiro atoms. The van der Waals surface area contributed by atoms with Crippen molar-refractivity contribution in [1.29, 1.82) is 0 Å². The summed E-state index contributed by atoms with van der Waals surface area (Å²) in [5, 5.41) is 7.94. The highest BCUT2D eigenvalue weighted by molar-refractivity contribution is 7.85. The van der Waals surface area contributed by atoms with Gasteiger partial charge in [0, 0.05) is 0 Å². The van der Waals surface area contributed by atoms with Gasteiger partial charge >= 0.3 is 0 Å². The van der Waals surface area contributed by atoms with Crippen molar-refractivity contribution in [3.8, 4) is 0 Å². The van der Waals surface area contributed by atoms with Gasteiger partial charge in [0.25, 0.3) is 10.1 Å². The molecule has 0 aliphatic rings. The van der Waals surface area contributed by atoms with E-state index in [1.165, 1.54) is 24.3 Å². The van der Waals surface area contributed by atoms with Crippen molar-refractivity contribution in [2.75, 3.05) is 11.5 Å². The fraction of sp³-hybridized carbons (Fsp3) is 0.0769. The van der Waals surface area contributed by atoms with Gasteiger partial charge in [-0.25, -0.2) is 0 Å². The summed E-state index contributed by atoms with van der Waals surface area (Å²) in [6, 6.07) is 8.74. The van der Waals surface area contributed by atoms with Gasteiger partial charge < -0.3 is 11.5 Å². The molecule has 0 atom stereocenters. The van der Waals surface area contributed by atoms with Gasteiger partial charge in [0.15, 0.2) is 0 Å². The number of nitrogen functional groups attached to an aromatic ring is 2. The van der Waals surface area contributed by atoms with E-state index in [0.717, 1.165) is 5.56 Å². The van der Waals surface area contributed by atoms with Gasteiger partial charge in [0.05, 0.1) is 22.0 Å². The number of nitrogens with zero attached hydrogens (tertiary/aromatic N) is 2. The van der Waals surface area contributed by atoms with Crippen molar-refractivity contribution < 1.29 is 13.0 Å². The maximum absolute atomic E-state index is 10.9. The highest BCUT2D eigenvalue weighted by Crippen LogP contribution is 2.33. The predicted molar refractivity (Wildman–Crippen MR) is 80.4 cm³/mol. The molecule has 21 heavy (non-hydrogen) atoms. The van der Waals surface area contributed by atoms with Crippen LogP contribution in [0.2, 0.25) is 0 Å². The molecule has 7 nitrogen and oxygen atoms in total. The number of aryl methyl sites for hydroxylation is 1. The Kier molecular flexibility index (Phi) is 3.92. The summed E-state index contributed by atoms with van der Waals surface area (Å²) in [5.74, 6) is 0. The lowest BCUT2D eigenvalue weighted by atomic mass is 10.1. The highest BCUT2D eigenvalue weighted by atomic mass is 32.2. The molecule has 0 bridgehead atoms. The van der Waals surface area contributed by atoms with E-state index in [4.69, 9.17) is 16.0 Å². The monoisotopic (exact) mass is 306 g/mol. The van der Waals surface area contributed by atoms with Crippen LogP contribution in [0.4, 0.5) is 22.7 Å². The third-order valence-electron chi connectivity index (χ3n) is 2.87. The van der Waals surface area contributed by atoms with Gasteiger partial charge in [-0.2, -0.15) is 13.5 Å². The maximum Gasteiger partial charge on any atom is 0.294 e. The maximum atomic E-state index is 10.9. The minimum atomic E-state index is -4.22. The molecule has 0 aliphatic heterocycles. The Morgan fingerprint density at radius 1 is 1.00 bits per heavy atom. The van der Waals surface area contributed by atoms with Gasteiger partial charge in [0.1, 0.15) is 5.69 Å². The molecule has 8 heteroatoms. The van der Waals surface area contributed by atoms with Crippen molar-refractivity contribution in [1.82, 2.24) is 0 Å². The quantitative estimate of drug-likeness (QED) is 0.456. The standard InChI is InChI=1S/C13H14N4O3S/c1-8-2-7-11(14)13(12(8)15)17-16-9-3-5-10(6-4-9)21(18,19)20/h2-7H,14-15H2,1H3,(H,18,19,20). The number of azo groups is 1. The summed E-state index contributed by atoms with van der Waals surface area (Å²) in [5.41, 5.74) is 14.1. The largest absolute Gasteiger partial charge is 0.397 e. The smallest absolute Gasteiger partial charge is 0.294 e. The molecule has 2 aromatic carbocycles. The van der Waals surface area contributed by atoms with Crippen LogP contribution in [0, 0.1) is 6.92 Å². The summed E-state index contributed by atoms with van der Waals surface area (Å²) < 4.78 is 30.7. The minimum absolute atomic E-state index is 0.212. The molecule has 0 aliphatic carbocycles. The number of anilines is 2. The van der Waals surface area contributed by atoms with Crippen LogP contribution >= 0.6 is 0 Å². The summed E-state index contributed by atoms with van der Waals surface area (Å²) in [7, 11) is -4.22. The van der Waals surface area contributed by atoms with E-state index in [1.54, 1.807) is 12.1 Å². The Balaban J connectivity index is 2.33. The van der Waals surface area contributed by atoms with Crippen molar-refractivity contribution in [2.24, 2.45) is 10.2 Å². The third kappa shape index (κ3) is 3.36. The number of nitrogens with two attached hydrogens (primary N) is 2. The van der Waals surface area contributed by atoms with Crippen LogP contribution in [-0.2, 0) is 10.1 Å². The van der Waals surface area contributed by atoms with Crippen LogP contribution in [0.5, 0.6) is 0 Å². The van der Waals surface area contributed by atoms with Crippen LogP contribution < -0.4 is 11.5 Å². The normalized spacial score (nSPS) is 11.9. The molecule has 0 radical (unpaired) electrons.